The van der Waals surface area contributed by atoms with Crippen LogP contribution in [0.5, 0.6) is 5.75 Å². The Labute approximate surface area is 122 Å². The van der Waals surface area contributed by atoms with Crippen molar-refractivity contribution in [3.8, 4) is 5.75 Å². The van der Waals surface area contributed by atoms with Crippen LogP contribution in [-0.4, -0.2) is 28.6 Å². The average molecular weight is 288 g/mol. The number of aryl methyl sites for hydroxylation is 2. The summed E-state index contributed by atoms with van der Waals surface area (Å²) < 4.78 is 5.12. The molecule has 0 aliphatic rings. The molecule has 2 rings (SSSR count). The molecule has 0 saturated carbocycles. The Kier molecular flexibility index (Phi) is 4.74. The highest BCUT2D eigenvalue weighted by Gasteiger charge is 2.09. The molecule has 0 aliphatic heterocycles. The highest BCUT2D eigenvalue weighted by atomic mass is 32.2. The lowest BCUT2D eigenvalue weighted by Crippen LogP contribution is -2.04. The second kappa shape index (κ2) is 6.52. The molecule has 1 aromatic heterocycles. The molecule has 0 N–H and O–H groups in total. The minimum atomic E-state index is 0.0386. The fourth-order valence-corrected chi connectivity index (χ4v) is 2.61. The number of thioether (sulfide) groups is 1. The van der Waals surface area contributed by atoms with Crippen LogP contribution in [0.3, 0.4) is 0 Å². The topological polar surface area (TPSA) is 52.1 Å². The number of carbonyl (C=O) groups is 1. The van der Waals surface area contributed by atoms with Crippen molar-refractivity contribution < 1.29 is 9.53 Å². The molecule has 0 aliphatic carbocycles. The normalized spacial score (nSPS) is 10.3. The zero-order valence-electron chi connectivity index (χ0n) is 11.7. The quantitative estimate of drug-likeness (QED) is 0.481. The summed E-state index contributed by atoms with van der Waals surface area (Å²) in [5.74, 6) is 1.04. The minimum Gasteiger partial charge on any atom is -0.497 e. The van der Waals surface area contributed by atoms with Gasteiger partial charge in [-0.3, -0.25) is 4.79 Å². The summed E-state index contributed by atoms with van der Waals surface area (Å²) in [6.07, 6.45) is 0. The number of ketones is 1. The second-order valence-electron chi connectivity index (χ2n) is 4.38. The first-order chi connectivity index (χ1) is 9.58. The monoisotopic (exact) mass is 288 g/mol. The van der Waals surface area contributed by atoms with Gasteiger partial charge in [0.15, 0.2) is 10.9 Å². The Morgan fingerprint density at radius 3 is 2.55 bits per heavy atom. The van der Waals surface area contributed by atoms with Gasteiger partial charge >= 0.3 is 0 Å². The zero-order valence-corrected chi connectivity index (χ0v) is 12.5. The van der Waals surface area contributed by atoms with Gasteiger partial charge in [0.05, 0.1) is 12.9 Å². The Bertz CT molecular complexity index is 609. The van der Waals surface area contributed by atoms with Crippen molar-refractivity contribution in [2.24, 2.45) is 0 Å². The molecule has 4 nitrogen and oxygen atoms in total. The molecule has 0 fully saturated rings. The van der Waals surface area contributed by atoms with Gasteiger partial charge in [0.1, 0.15) is 5.75 Å². The van der Waals surface area contributed by atoms with Crippen LogP contribution in [0.1, 0.15) is 21.7 Å². The van der Waals surface area contributed by atoms with Gasteiger partial charge in [0, 0.05) is 17.0 Å². The lowest BCUT2D eigenvalue weighted by atomic mass is 10.1. The SMILES string of the molecule is COc1cccc(C(=O)CSc2nc(C)cc(C)n2)c1. The molecule has 1 heterocycles. The van der Waals surface area contributed by atoms with Gasteiger partial charge in [-0.1, -0.05) is 23.9 Å². The Hall–Kier alpha value is -1.88. The van der Waals surface area contributed by atoms with E-state index in [1.54, 1.807) is 19.2 Å². The maximum atomic E-state index is 12.1. The lowest BCUT2D eigenvalue weighted by Gasteiger charge is -2.04. The van der Waals surface area contributed by atoms with Gasteiger partial charge in [-0.15, -0.1) is 0 Å². The summed E-state index contributed by atoms with van der Waals surface area (Å²) >= 11 is 1.35. The predicted molar refractivity (Wildman–Crippen MR) is 79.6 cm³/mol. The smallest absolute Gasteiger partial charge is 0.188 e. The third-order valence-electron chi connectivity index (χ3n) is 2.69. The highest BCUT2D eigenvalue weighted by molar-refractivity contribution is 7.99. The molecular formula is C15H16N2O2S. The van der Waals surface area contributed by atoms with Crippen LogP contribution < -0.4 is 4.74 Å². The summed E-state index contributed by atoms with van der Waals surface area (Å²) in [7, 11) is 1.59. The van der Waals surface area contributed by atoms with Crippen molar-refractivity contribution in [1.29, 1.82) is 0 Å². The van der Waals surface area contributed by atoms with Crippen LogP contribution in [0, 0.1) is 13.8 Å². The second-order valence-corrected chi connectivity index (χ2v) is 5.32. The summed E-state index contributed by atoms with van der Waals surface area (Å²) in [4.78, 5) is 20.7. The number of hydrogen-bond acceptors (Lipinski definition) is 5. The Balaban J connectivity index is 2.04. The molecule has 0 spiro atoms. The van der Waals surface area contributed by atoms with Crippen LogP contribution in [0.4, 0.5) is 0 Å². The predicted octanol–water partition coefficient (Wildman–Crippen LogP) is 3.08. The van der Waals surface area contributed by atoms with Crippen LogP contribution in [0.2, 0.25) is 0 Å². The molecule has 0 amide bonds. The molecule has 0 unspecified atom stereocenters. The van der Waals surface area contributed by atoms with E-state index in [9.17, 15) is 4.79 Å². The van der Waals surface area contributed by atoms with E-state index in [4.69, 9.17) is 4.74 Å². The van der Waals surface area contributed by atoms with Crippen molar-refractivity contribution in [3.05, 3.63) is 47.3 Å². The van der Waals surface area contributed by atoms with Crippen molar-refractivity contribution in [3.63, 3.8) is 0 Å². The van der Waals surface area contributed by atoms with Crippen molar-refractivity contribution in [2.45, 2.75) is 19.0 Å². The third-order valence-corrected chi connectivity index (χ3v) is 3.53. The van der Waals surface area contributed by atoms with Gasteiger partial charge in [0.2, 0.25) is 0 Å². The van der Waals surface area contributed by atoms with Crippen molar-refractivity contribution in [1.82, 2.24) is 9.97 Å². The average Bonchev–Trinajstić information content (AvgIpc) is 2.44. The maximum Gasteiger partial charge on any atom is 0.188 e. The van der Waals surface area contributed by atoms with E-state index in [1.807, 2.05) is 32.0 Å². The molecule has 5 heteroatoms. The molecule has 0 radical (unpaired) electrons. The number of hydrogen-bond donors (Lipinski definition) is 0. The lowest BCUT2D eigenvalue weighted by molar-refractivity contribution is 0.102. The van der Waals surface area contributed by atoms with Crippen LogP contribution >= 0.6 is 11.8 Å². The maximum absolute atomic E-state index is 12.1. The number of nitrogens with zero attached hydrogens (tertiary/aromatic N) is 2. The summed E-state index contributed by atoms with van der Waals surface area (Å²) in [6.45, 7) is 3.84. The standard InChI is InChI=1S/C15H16N2O2S/c1-10-7-11(2)17-15(16-10)20-9-14(18)12-5-4-6-13(8-12)19-3/h4-8H,9H2,1-3H3. The van der Waals surface area contributed by atoms with E-state index in [0.29, 0.717) is 22.2 Å². The fraction of sp³-hybridized carbons (Fsp3) is 0.267. The number of aromatic nitrogens is 2. The fourth-order valence-electron chi connectivity index (χ4n) is 1.77. The summed E-state index contributed by atoms with van der Waals surface area (Å²) in [5.41, 5.74) is 2.46. The summed E-state index contributed by atoms with van der Waals surface area (Å²) in [5, 5.41) is 0.638. The van der Waals surface area contributed by atoms with E-state index in [2.05, 4.69) is 9.97 Å². The zero-order chi connectivity index (χ0) is 14.5. The molecule has 1 aromatic carbocycles. The summed E-state index contributed by atoms with van der Waals surface area (Å²) in [6, 6.07) is 9.06. The van der Waals surface area contributed by atoms with Crippen LogP contribution in [0.25, 0.3) is 0 Å². The number of rotatable bonds is 5. The molecule has 0 atom stereocenters. The Morgan fingerprint density at radius 2 is 1.90 bits per heavy atom. The van der Waals surface area contributed by atoms with Crippen molar-refractivity contribution in [2.75, 3.05) is 12.9 Å². The number of methoxy groups -OCH3 is 1. The van der Waals surface area contributed by atoms with E-state index in [0.717, 1.165) is 11.4 Å². The first kappa shape index (κ1) is 14.5. The number of ether oxygens (including phenoxy) is 1. The van der Waals surface area contributed by atoms with E-state index >= 15 is 0 Å². The molecule has 0 bridgehead atoms. The number of carbonyl (C=O) groups excluding carboxylic acids is 1. The van der Waals surface area contributed by atoms with Gasteiger partial charge in [0.25, 0.3) is 0 Å². The number of Topliss-reactive ketones (excluding diaryl/α,β-unsaturated/α-hetero) is 1. The number of benzene rings is 1. The minimum absolute atomic E-state index is 0.0386. The van der Waals surface area contributed by atoms with E-state index in [1.165, 1.54) is 11.8 Å². The van der Waals surface area contributed by atoms with E-state index < -0.39 is 0 Å². The van der Waals surface area contributed by atoms with Crippen LogP contribution in [0.15, 0.2) is 35.5 Å². The van der Waals surface area contributed by atoms with E-state index in [-0.39, 0.29) is 5.78 Å². The highest BCUT2D eigenvalue weighted by Crippen LogP contribution is 2.18. The molecular weight excluding hydrogens is 272 g/mol. The largest absolute Gasteiger partial charge is 0.497 e. The first-order valence-electron chi connectivity index (χ1n) is 6.21. The molecule has 0 saturated heterocycles. The van der Waals surface area contributed by atoms with Gasteiger partial charge in [-0.25, -0.2) is 9.97 Å². The van der Waals surface area contributed by atoms with Gasteiger partial charge in [-0.2, -0.15) is 0 Å². The van der Waals surface area contributed by atoms with Crippen molar-refractivity contribution >= 4 is 17.5 Å². The molecule has 2 aromatic rings. The Morgan fingerprint density at radius 1 is 1.20 bits per heavy atom. The van der Waals surface area contributed by atoms with Crippen LogP contribution in [-0.2, 0) is 0 Å². The molecule has 104 valence electrons. The molecule has 20 heavy (non-hydrogen) atoms. The van der Waals surface area contributed by atoms with Gasteiger partial charge in [-0.05, 0) is 32.0 Å². The first-order valence-corrected chi connectivity index (χ1v) is 7.19. The van der Waals surface area contributed by atoms with Gasteiger partial charge < -0.3 is 4.74 Å². The third kappa shape index (κ3) is 3.81.